The third kappa shape index (κ3) is 8.69. The highest BCUT2D eigenvalue weighted by Crippen LogP contribution is 2.26. The van der Waals surface area contributed by atoms with E-state index in [1.165, 1.54) is 24.9 Å². The average molecular weight is 526 g/mol. The maximum Gasteiger partial charge on any atom is 0.306 e. The largest absolute Gasteiger partial charge is 0.463 e. The number of nitrogens with one attached hydrogen (secondary N) is 1. The van der Waals surface area contributed by atoms with Gasteiger partial charge in [-0.1, -0.05) is 48.5 Å². The van der Waals surface area contributed by atoms with Crippen molar-refractivity contribution in [3.8, 4) is 6.07 Å². The van der Waals surface area contributed by atoms with Gasteiger partial charge in [-0.3, -0.25) is 9.59 Å². The molecule has 3 aromatic carbocycles. The fourth-order valence-corrected chi connectivity index (χ4v) is 4.62. The Morgan fingerprint density at radius 3 is 2.49 bits per heavy atom. The molecule has 7 nitrogen and oxygen atoms in total. The van der Waals surface area contributed by atoms with E-state index in [2.05, 4.69) is 28.4 Å². The lowest BCUT2D eigenvalue weighted by atomic mass is 10.0. The number of rotatable bonds is 12. The van der Waals surface area contributed by atoms with Crippen LogP contribution in [0.25, 0.3) is 16.8 Å². The molecule has 1 amide bonds. The molecule has 39 heavy (non-hydrogen) atoms. The molecular weight excluding hydrogens is 490 g/mol. The third-order valence-corrected chi connectivity index (χ3v) is 6.73. The van der Waals surface area contributed by atoms with E-state index in [-0.39, 0.29) is 37.9 Å². The molecule has 1 heterocycles. The molecule has 0 aromatic heterocycles. The number of esters is 1. The van der Waals surface area contributed by atoms with Gasteiger partial charge in [-0.25, -0.2) is 0 Å². The molecule has 4 rings (SSSR count). The molecule has 0 bridgehead atoms. The quantitative estimate of drug-likeness (QED) is 0.154. The highest BCUT2D eigenvalue weighted by Gasteiger charge is 2.12. The minimum absolute atomic E-state index is 0.0339. The molecule has 1 fully saturated rings. The molecule has 7 heteroatoms. The molecule has 0 saturated carbocycles. The van der Waals surface area contributed by atoms with Crippen LogP contribution < -0.4 is 10.2 Å². The summed E-state index contributed by atoms with van der Waals surface area (Å²) in [5.41, 5.74) is 3.16. The van der Waals surface area contributed by atoms with E-state index < -0.39 is 5.91 Å². The summed E-state index contributed by atoms with van der Waals surface area (Å²) >= 11 is 0. The van der Waals surface area contributed by atoms with E-state index in [0.29, 0.717) is 12.8 Å². The number of carbonyl (C=O) groups is 2. The SMILES string of the molecule is N#C/C(=C\c1ccc2cc(N3CCCCC3)ccc2c1)C(=O)NCCOCCOC(=O)CCc1ccccc1. The van der Waals surface area contributed by atoms with Crippen molar-refractivity contribution in [1.29, 1.82) is 5.26 Å². The van der Waals surface area contributed by atoms with Gasteiger partial charge < -0.3 is 19.7 Å². The zero-order valence-corrected chi connectivity index (χ0v) is 22.2. The number of aryl methyl sites for hydroxylation is 1. The smallest absolute Gasteiger partial charge is 0.306 e. The number of ether oxygens (including phenoxy) is 2. The molecule has 0 unspecified atom stereocenters. The van der Waals surface area contributed by atoms with Gasteiger partial charge in [-0.15, -0.1) is 0 Å². The monoisotopic (exact) mass is 525 g/mol. The highest BCUT2D eigenvalue weighted by atomic mass is 16.6. The zero-order chi connectivity index (χ0) is 27.3. The van der Waals surface area contributed by atoms with Gasteiger partial charge in [-0.05, 0) is 71.9 Å². The van der Waals surface area contributed by atoms with Crippen molar-refractivity contribution in [3.05, 3.63) is 83.4 Å². The van der Waals surface area contributed by atoms with Crippen LogP contribution in [0, 0.1) is 11.3 Å². The summed E-state index contributed by atoms with van der Waals surface area (Å²) in [7, 11) is 0. The predicted molar refractivity (Wildman–Crippen MR) is 153 cm³/mol. The van der Waals surface area contributed by atoms with Gasteiger partial charge in [-0.2, -0.15) is 5.26 Å². The van der Waals surface area contributed by atoms with Crippen molar-refractivity contribution in [2.75, 3.05) is 44.4 Å². The van der Waals surface area contributed by atoms with Crippen LogP contribution in [0.4, 0.5) is 5.69 Å². The van der Waals surface area contributed by atoms with E-state index in [9.17, 15) is 14.9 Å². The number of benzene rings is 3. The van der Waals surface area contributed by atoms with Crippen LogP contribution in [0.15, 0.2) is 72.3 Å². The Kier molecular flexibility index (Phi) is 10.5. The molecule has 202 valence electrons. The maximum atomic E-state index is 12.5. The van der Waals surface area contributed by atoms with Gasteiger partial charge in [0, 0.05) is 31.7 Å². The van der Waals surface area contributed by atoms with Gasteiger partial charge in [0.2, 0.25) is 0 Å². The van der Waals surface area contributed by atoms with Gasteiger partial charge in [0.1, 0.15) is 18.2 Å². The number of hydrogen-bond donors (Lipinski definition) is 1. The maximum absolute atomic E-state index is 12.5. The van der Waals surface area contributed by atoms with Crippen LogP contribution >= 0.6 is 0 Å². The predicted octanol–water partition coefficient (Wildman–Crippen LogP) is 5.05. The number of nitrogens with zero attached hydrogens (tertiary/aromatic N) is 2. The highest BCUT2D eigenvalue weighted by molar-refractivity contribution is 6.02. The molecule has 0 aliphatic carbocycles. The molecule has 0 radical (unpaired) electrons. The Labute approximate surface area is 230 Å². The molecule has 3 aromatic rings. The second-order valence-corrected chi connectivity index (χ2v) is 9.58. The fourth-order valence-electron chi connectivity index (χ4n) is 4.62. The lowest BCUT2D eigenvalue weighted by Gasteiger charge is -2.29. The number of carbonyl (C=O) groups excluding carboxylic acids is 2. The summed E-state index contributed by atoms with van der Waals surface area (Å²) in [6, 6.07) is 24.2. The molecule has 1 aliphatic rings. The molecule has 0 atom stereocenters. The number of fused-ring (bicyclic) bond motifs is 1. The van der Waals surface area contributed by atoms with E-state index >= 15 is 0 Å². The van der Waals surface area contributed by atoms with Crippen LogP contribution in [0.2, 0.25) is 0 Å². The summed E-state index contributed by atoms with van der Waals surface area (Å²) in [6.45, 7) is 3.09. The molecule has 0 spiro atoms. The second-order valence-electron chi connectivity index (χ2n) is 9.58. The summed E-state index contributed by atoms with van der Waals surface area (Å²) in [6.07, 6.45) is 6.33. The van der Waals surface area contributed by atoms with E-state index in [4.69, 9.17) is 9.47 Å². The summed E-state index contributed by atoms with van der Waals surface area (Å²) in [4.78, 5) is 26.8. The van der Waals surface area contributed by atoms with Crippen LogP contribution in [0.3, 0.4) is 0 Å². The number of hydrogen-bond acceptors (Lipinski definition) is 6. The summed E-state index contributed by atoms with van der Waals surface area (Å²) in [5.74, 6) is -0.718. The molecule has 1 N–H and O–H groups in total. The van der Waals surface area contributed by atoms with Crippen molar-refractivity contribution >= 4 is 34.4 Å². The molecule has 1 aliphatic heterocycles. The minimum atomic E-state index is -0.450. The van der Waals surface area contributed by atoms with E-state index in [0.717, 1.165) is 35.0 Å². The Morgan fingerprint density at radius 2 is 1.69 bits per heavy atom. The standard InChI is InChI=1S/C32H35N3O4/c33-24-29(22-26-9-11-28-23-30(13-12-27(28)21-26)35-16-5-2-6-17-35)32(37)34-15-18-38-19-20-39-31(36)14-10-25-7-3-1-4-8-25/h1,3-4,7-9,11-13,21-23H,2,5-6,10,14-20H2,(H,34,37)/b29-22+. The lowest BCUT2D eigenvalue weighted by Crippen LogP contribution is -2.29. The number of anilines is 1. The Balaban J connectivity index is 1.17. The van der Waals surface area contributed by atoms with Gasteiger partial charge in [0.25, 0.3) is 5.91 Å². The number of nitriles is 1. The first-order valence-electron chi connectivity index (χ1n) is 13.6. The van der Waals surface area contributed by atoms with Crippen molar-refractivity contribution < 1.29 is 19.1 Å². The first kappa shape index (κ1) is 27.9. The molecular formula is C32H35N3O4. The van der Waals surface area contributed by atoms with Crippen LogP contribution in [0.5, 0.6) is 0 Å². The van der Waals surface area contributed by atoms with Crippen molar-refractivity contribution in [1.82, 2.24) is 5.32 Å². The number of piperidine rings is 1. The van der Waals surface area contributed by atoms with Crippen LogP contribution in [0.1, 0.15) is 36.8 Å². The summed E-state index contributed by atoms with van der Waals surface area (Å²) in [5, 5.41) is 14.4. The first-order chi connectivity index (χ1) is 19.1. The Bertz CT molecular complexity index is 1320. The van der Waals surface area contributed by atoms with Crippen LogP contribution in [-0.4, -0.2) is 51.3 Å². The Hall–Kier alpha value is -4.15. The van der Waals surface area contributed by atoms with Gasteiger partial charge in [0.15, 0.2) is 0 Å². The van der Waals surface area contributed by atoms with Crippen molar-refractivity contribution in [2.24, 2.45) is 0 Å². The van der Waals surface area contributed by atoms with Crippen molar-refractivity contribution in [2.45, 2.75) is 32.1 Å². The van der Waals surface area contributed by atoms with Crippen LogP contribution in [-0.2, 0) is 25.5 Å². The number of amides is 1. The fraction of sp³-hybridized carbons (Fsp3) is 0.344. The lowest BCUT2D eigenvalue weighted by molar-refractivity contribution is -0.145. The zero-order valence-electron chi connectivity index (χ0n) is 22.2. The molecule has 1 saturated heterocycles. The van der Waals surface area contributed by atoms with E-state index in [1.54, 1.807) is 6.08 Å². The summed E-state index contributed by atoms with van der Waals surface area (Å²) < 4.78 is 10.6. The second kappa shape index (κ2) is 14.7. The van der Waals surface area contributed by atoms with Crippen molar-refractivity contribution in [3.63, 3.8) is 0 Å². The first-order valence-corrected chi connectivity index (χ1v) is 13.6. The third-order valence-electron chi connectivity index (χ3n) is 6.73. The van der Waals surface area contributed by atoms with Gasteiger partial charge >= 0.3 is 5.97 Å². The Morgan fingerprint density at radius 1 is 0.923 bits per heavy atom. The normalized spacial score (nSPS) is 13.6. The topological polar surface area (TPSA) is 91.7 Å². The average Bonchev–Trinajstić information content (AvgIpc) is 2.98. The van der Waals surface area contributed by atoms with Gasteiger partial charge in [0.05, 0.1) is 13.2 Å². The van der Waals surface area contributed by atoms with E-state index in [1.807, 2.05) is 54.6 Å². The minimum Gasteiger partial charge on any atom is -0.463 e.